The summed E-state index contributed by atoms with van der Waals surface area (Å²) in [6.45, 7) is 10.4. The summed E-state index contributed by atoms with van der Waals surface area (Å²) in [4.78, 5) is 28.5. The van der Waals surface area contributed by atoms with Gasteiger partial charge in [0, 0.05) is 76.1 Å². The molecule has 0 aliphatic carbocycles. The van der Waals surface area contributed by atoms with Gasteiger partial charge < -0.3 is 9.80 Å². The summed E-state index contributed by atoms with van der Waals surface area (Å²) < 4.78 is 0. The van der Waals surface area contributed by atoms with Crippen molar-refractivity contribution in [2.24, 2.45) is 10.2 Å². The first kappa shape index (κ1) is 21.5. The average molecular weight is 379 g/mol. The fourth-order valence-electron chi connectivity index (χ4n) is 3.28. The highest BCUT2D eigenvalue weighted by molar-refractivity contribution is 5.88. The van der Waals surface area contributed by atoms with E-state index >= 15 is 0 Å². The Labute approximate surface area is 162 Å². The van der Waals surface area contributed by atoms with Gasteiger partial charge in [0.15, 0.2) is 0 Å². The lowest BCUT2D eigenvalue weighted by molar-refractivity contribution is -0.122. The molecule has 2 amide bonds. The maximum absolute atomic E-state index is 11.9. The van der Waals surface area contributed by atoms with Crippen molar-refractivity contribution in [1.29, 1.82) is 0 Å². The summed E-state index contributed by atoms with van der Waals surface area (Å²) in [7, 11) is 0. The molecule has 0 bridgehead atoms. The lowest BCUT2D eigenvalue weighted by atomic mass is 10.1. The molecule has 8 nitrogen and oxygen atoms in total. The van der Waals surface area contributed by atoms with E-state index in [1.165, 1.54) is 0 Å². The van der Waals surface area contributed by atoms with Gasteiger partial charge in [0.05, 0.1) is 0 Å². The number of hydrazone groups is 2. The summed E-state index contributed by atoms with van der Waals surface area (Å²) in [6.07, 6.45) is 4.74. The summed E-state index contributed by atoms with van der Waals surface area (Å²) in [5.74, 6) is -0.266. The van der Waals surface area contributed by atoms with Crippen LogP contribution < -0.4 is 10.9 Å². The second-order valence-electron chi connectivity index (χ2n) is 7.15. The quantitative estimate of drug-likeness (QED) is 0.624. The van der Waals surface area contributed by atoms with Crippen LogP contribution in [0.2, 0.25) is 0 Å². The summed E-state index contributed by atoms with van der Waals surface area (Å²) >= 11 is 0. The second-order valence-corrected chi connectivity index (χ2v) is 7.15. The third-order valence-electron chi connectivity index (χ3n) is 5.25. The highest BCUT2D eigenvalue weighted by Crippen LogP contribution is 2.07. The number of nitrogens with one attached hydrogen (secondary N) is 2. The van der Waals surface area contributed by atoms with Gasteiger partial charge in [-0.2, -0.15) is 10.2 Å². The monoisotopic (exact) mass is 378 g/mol. The van der Waals surface area contributed by atoms with E-state index in [1.54, 1.807) is 0 Å². The molecule has 152 valence electrons. The number of hydrogen-bond acceptors (Lipinski definition) is 6. The van der Waals surface area contributed by atoms with Gasteiger partial charge in [-0.25, -0.2) is 10.9 Å². The Hall–Kier alpha value is -1.80. The molecule has 0 saturated carbocycles. The van der Waals surface area contributed by atoms with E-state index in [0.29, 0.717) is 19.3 Å². The average Bonchev–Trinajstić information content (AvgIpc) is 2.71. The first-order valence-corrected chi connectivity index (χ1v) is 10.2. The van der Waals surface area contributed by atoms with Crippen molar-refractivity contribution in [3.05, 3.63) is 0 Å². The van der Waals surface area contributed by atoms with Gasteiger partial charge in [-0.3, -0.25) is 9.59 Å². The third-order valence-corrected chi connectivity index (χ3v) is 5.25. The Balaban J connectivity index is 1.56. The molecule has 2 aliphatic rings. The number of nitrogens with zero attached hydrogens (tertiary/aromatic N) is 4. The molecule has 27 heavy (non-hydrogen) atoms. The molecule has 2 saturated heterocycles. The molecular formula is C19H34N6O2. The van der Waals surface area contributed by atoms with Gasteiger partial charge in [0.2, 0.25) is 11.8 Å². The molecule has 2 N–H and O–H groups in total. The van der Waals surface area contributed by atoms with Gasteiger partial charge in [-0.05, 0) is 19.5 Å². The van der Waals surface area contributed by atoms with Gasteiger partial charge in [-0.1, -0.05) is 13.8 Å². The van der Waals surface area contributed by atoms with Crippen LogP contribution >= 0.6 is 0 Å². The molecule has 0 spiro atoms. The van der Waals surface area contributed by atoms with E-state index < -0.39 is 0 Å². The number of amides is 2. The van der Waals surface area contributed by atoms with Crippen LogP contribution in [0.1, 0.15) is 58.8 Å². The summed E-state index contributed by atoms with van der Waals surface area (Å²) in [5, 5.41) is 8.45. The van der Waals surface area contributed by atoms with Crippen LogP contribution in [-0.4, -0.2) is 72.3 Å². The maximum atomic E-state index is 11.9. The molecule has 2 heterocycles. The van der Waals surface area contributed by atoms with Gasteiger partial charge >= 0.3 is 0 Å². The molecule has 2 fully saturated rings. The zero-order valence-corrected chi connectivity index (χ0v) is 16.8. The Morgan fingerprint density at radius 3 is 1.48 bits per heavy atom. The fraction of sp³-hybridized carbons (Fsp3) is 0.789. The lowest BCUT2D eigenvalue weighted by Gasteiger charge is -2.25. The Bertz CT molecular complexity index is 492. The van der Waals surface area contributed by atoms with Crippen LogP contribution in [0.4, 0.5) is 0 Å². The number of hydrogen-bond donors (Lipinski definition) is 2. The summed E-state index contributed by atoms with van der Waals surface area (Å²) in [5.41, 5.74) is 7.34. The lowest BCUT2D eigenvalue weighted by Crippen LogP contribution is -2.34. The molecule has 0 atom stereocenters. The van der Waals surface area contributed by atoms with Crippen LogP contribution in [0.15, 0.2) is 10.2 Å². The van der Waals surface area contributed by atoms with Crippen LogP contribution in [0.3, 0.4) is 0 Å². The molecule has 0 unspecified atom stereocenters. The topological polar surface area (TPSA) is 89.4 Å². The molecule has 0 aromatic rings. The first-order valence-electron chi connectivity index (χ1n) is 10.2. The predicted molar refractivity (Wildman–Crippen MR) is 108 cm³/mol. The SMILES string of the molecule is CCN1CCC(=NNC(=O)CCCC(=O)NN=C2CCN(CC)CC2)CC1. The highest BCUT2D eigenvalue weighted by Gasteiger charge is 2.14. The molecule has 0 aromatic heterocycles. The summed E-state index contributed by atoms with van der Waals surface area (Å²) in [6, 6.07) is 0. The zero-order valence-electron chi connectivity index (χ0n) is 16.8. The van der Waals surface area contributed by atoms with Crippen molar-refractivity contribution in [3.63, 3.8) is 0 Å². The molecular weight excluding hydrogens is 344 g/mol. The predicted octanol–water partition coefficient (Wildman–Crippen LogP) is 1.33. The maximum Gasteiger partial charge on any atom is 0.240 e. The van der Waals surface area contributed by atoms with Crippen molar-refractivity contribution in [2.75, 3.05) is 39.3 Å². The number of carbonyl (C=O) groups is 2. The van der Waals surface area contributed by atoms with Gasteiger partial charge in [0.1, 0.15) is 0 Å². The minimum absolute atomic E-state index is 0.133. The Kier molecular flexibility index (Phi) is 9.41. The molecule has 0 aromatic carbocycles. The van der Waals surface area contributed by atoms with Crippen LogP contribution in [0.25, 0.3) is 0 Å². The van der Waals surface area contributed by atoms with Crippen LogP contribution in [0, 0.1) is 0 Å². The molecule has 2 rings (SSSR count). The zero-order chi connectivity index (χ0) is 19.5. The van der Waals surface area contributed by atoms with E-state index in [9.17, 15) is 9.59 Å². The van der Waals surface area contributed by atoms with Crippen molar-refractivity contribution in [2.45, 2.75) is 58.8 Å². The van der Waals surface area contributed by atoms with Crippen molar-refractivity contribution >= 4 is 23.2 Å². The van der Waals surface area contributed by atoms with E-state index in [0.717, 1.165) is 76.4 Å². The fourth-order valence-corrected chi connectivity index (χ4v) is 3.28. The van der Waals surface area contributed by atoms with Gasteiger partial charge in [0.25, 0.3) is 0 Å². The third kappa shape index (κ3) is 8.17. The van der Waals surface area contributed by atoms with Crippen molar-refractivity contribution in [1.82, 2.24) is 20.7 Å². The van der Waals surface area contributed by atoms with Crippen LogP contribution in [-0.2, 0) is 9.59 Å². The highest BCUT2D eigenvalue weighted by atomic mass is 16.2. The van der Waals surface area contributed by atoms with Crippen molar-refractivity contribution in [3.8, 4) is 0 Å². The van der Waals surface area contributed by atoms with E-state index in [2.05, 4.69) is 44.7 Å². The normalized spacial score (nSPS) is 18.9. The molecule has 0 radical (unpaired) electrons. The minimum Gasteiger partial charge on any atom is -0.303 e. The standard InChI is InChI=1S/C19H34N6O2/c1-3-24-12-8-16(9-13-24)20-22-18(26)6-5-7-19(27)23-21-17-10-14-25(4-2)15-11-17/h3-15H2,1-2H3,(H,22,26)(H,23,27). The van der Waals surface area contributed by atoms with E-state index in [-0.39, 0.29) is 11.8 Å². The molecule has 2 aliphatic heterocycles. The number of piperidine rings is 2. The van der Waals surface area contributed by atoms with Gasteiger partial charge in [-0.15, -0.1) is 0 Å². The van der Waals surface area contributed by atoms with E-state index in [1.807, 2.05) is 0 Å². The van der Waals surface area contributed by atoms with Crippen LogP contribution in [0.5, 0.6) is 0 Å². The molecule has 8 heteroatoms. The largest absolute Gasteiger partial charge is 0.303 e. The Morgan fingerprint density at radius 2 is 1.15 bits per heavy atom. The van der Waals surface area contributed by atoms with Crippen molar-refractivity contribution < 1.29 is 9.59 Å². The smallest absolute Gasteiger partial charge is 0.240 e. The minimum atomic E-state index is -0.133. The second kappa shape index (κ2) is 11.8. The Morgan fingerprint density at radius 1 is 0.778 bits per heavy atom. The first-order chi connectivity index (χ1) is 13.1. The number of rotatable bonds is 8. The number of carbonyl (C=O) groups excluding carboxylic acids is 2. The number of likely N-dealkylation sites (tertiary alicyclic amines) is 2. The van der Waals surface area contributed by atoms with E-state index in [4.69, 9.17) is 0 Å².